The number of hydrogen-bond donors (Lipinski definition) is 2. The lowest BCUT2D eigenvalue weighted by Gasteiger charge is -1.95. The molecular weight excluding hydrogens is 136 g/mol. The van der Waals surface area contributed by atoms with Gasteiger partial charge in [-0.15, -0.1) is 0 Å². The summed E-state index contributed by atoms with van der Waals surface area (Å²) in [4.78, 5) is 16.2. The van der Waals surface area contributed by atoms with E-state index in [9.17, 15) is 4.79 Å². The zero-order valence-electron chi connectivity index (χ0n) is 5.29. The second-order valence-corrected chi connectivity index (χ2v) is 1.61. The Kier molecular flexibility index (Phi) is 1.57. The number of aromatic amines is 1. The average molecular weight is 142 g/mol. The Bertz CT molecular complexity index is 280. The summed E-state index contributed by atoms with van der Waals surface area (Å²) < 4.78 is 4.55. The Morgan fingerprint density at radius 2 is 2.50 bits per heavy atom. The van der Waals surface area contributed by atoms with Crippen molar-refractivity contribution in [2.24, 2.45) is 0 Å². The second kappa shape index (κ2) is 2.38. The summed E-state index contributed by atoms with van der Waals surface area (Å²) in [7, 11) is 1.34. The van der Waals surface area contributed by atoms with Gasteiger partial charge in [-0.3, -0.25) is 9.78 Å². The zero-order chi connectivity index (χ0) is 7.56. The summed E-state index contributed by atoms with van der Waals surface area (Å²) in [6, 6.07) is 0.965. The molecule has 0 spiro atoms. The molecule has 0 amide bonds. The number of rotatable bonds is 1. The lowest BCUT2D eigenvalue weighted by molar-refractivity contribution is 0.362. The SMILES string of the molecule is COc1nc(O)cc(=O)[nH]1. The standard InChI is InChI=1S/C5H6N2O3/c1-10-5-6-3(8)2-4(9)7-5/h2H,1H3,(H2,6,7,8,9). The van der Waals surface area contributed by atoms with Gasteiger partial charge in [-0.2, -0.15) is 4.98 Å². The minimum atomic E-state index is -0.440. The molecule has 1 heterocycles. The van der Waals surface area contributed by atoms with Crippen molar-refractivity contribution in [3.8, 4) is 11.9 Å². The first-order valence-corrected chi connectivity index (χ1v) is 2.56. The van der Waals surface area contributed by atoms with Crippen LogP contribution in [0.1, 0.15) is 0 Å². The Morgan fingerprint density at radius 1 is 1.80 bits per heavy atom. The van der Waals surface area contributed by atoms with Crippen LogP contribution in [0, 0.1) is 0 Å². The van der Waals surface area contributed by atoms with Crippen LogP contribution in [0.25, 0.3) is 0 Å². The molecule has 0 unspecified atom stereocenters. The van der Waals surface area contributed by atoms with Gasteiger partial charge in [-0.25, -0.2) is 0 Å². The van der Waals surface area contributed by atoms with Gasteiger partial charge in [0.25, 0.3) is 11.6 Å². The van der Waals surface area contributed by atoms with E-state index in [-0.39, 0.29) is 11.9 Å². The minimum absolute atomic E-state index is 0.00463. The quantitative estimate of drug-likeness (QED) is 0.553. The molecule has 0 bridgehead atoms. The summed E-state index contributed by atoms with van der Waals surface area (Å²) >= 11 is 0. The third kappa shape index (κ3) is 1.25. The van der Waals surface area contributed by atoms with E-state index in [0.717, 1.165) is 6.07 Å². The molecule has 54 valence electrons. The molecule has 1 rings (SSSR count). The van der Waals surface area contributed by atoms with Gasteiger partial charge in [-0.05, 0) is 0 Å². The minimum Gasteiger partial charge on any atom is -0.493 e. The van der Waals surface area contributed by atoms with Gasteiger partial charge in [0.2, 0.25) is 5.88 Å². The van der Waals surface area contributed by atoms with Crippen LogP contribution < -0.4 is 10.3 Å². The number of nitrogens with zero attached hydrogens (tertiary/aromatic N) is 1. The van der Waals surface area contributed by atoms with Gasteiger partial charge in [0.1, 0.15) is 0 Å². The van der Waals surface area contributed by atoms with E-state index in [1.54, 1.807) is 0 Å². The van der Waals surface area contributed by atoms with Crippen molar-refractivity contribution in [2.45, 2.75) is 0 Å². The summed E-state index contributed by atoms with van der Waals surface area (Å²) in [5.41, 5.74) is -0.440. The molecule has 10 heavy (non-hydrogen) atoms. The van der Waals surface area contributed by atoms with Gasteiger partial charge < -0.3 is 9.84 Å². The molecule has 2 N–H and O–H groups in total. The summed E-state index contributed by atoms with van der Waals surface area (Å²) in [6.07, 6.45) is 0. The van der Waals surface area contributed by atoms with Crippen LogP contribution >= 0.6 is 0 Å². The maximum absolute atomic E-state index is 10.5. The first kappa shape index (κ1) is 6.60. The second-order valence-electron chi connectivity index (χ2n) is 1.61. The Hall–Kier alpha value is -1.52. The predicted molar refractivity (Wildman–Crippen MR) is 33.1 cm³/mol. The fourth-order valence-corrected chi connectivity index (χ4v) is 0.520. The number of hydrogen-bond acceptors (Lipinski definition) is 4. The van der Waals surface area contributed by atoms with E-state index in [1.807, 2.05) is 0 Å². The number of H-pyrrole nitrogens is 1. The number of aromatic nitrogens is 2. The number of aromatic hydroxyl groups is 1. The molecule has 1 aromatic heterocycles. The molecule has 0 aliphatic rings. The average Bonchev–Trinajstić information content (AvgIpc) is 1.85. The Labute approximate surface area is 56.3 Å². The van der Waals surface area contributed by atoms with Gasteiger partial charge in [-0.1, -0.05) is 0 Å². The van der Waals surface area contributed by atoms with Crippen LogP contribution in [-0.2, 0) is 0 Å². The van der Waals surface area contributed by atoms with Crippen molar-refractivity contribution < 1.29 is 9.84 Å². The van der Waals surface area contributed by atoms with Gasteiger partial charge in [0.05, 0.1) is 13.2 Å². The van der Waals surface area contributed by atoms with Crippen molar-refractivity contribution in [1.29, 1.82) is 0 Å². The smallest absolute Gasteiger partial charge is 0.299 e. The summed E-state index contributed by atoms with van der Waals surface area (Å²) in [6.45, 7) is 0. The molecule has 5 heteroatoms. The molecule has 0 fully saturated rings. The van der Waals surface area contributed by atoms with Crippen molar-refractivity contribution in [2.75, 3.05) is 7.11 Å². The monoisotopic (exact) mass is 142 g/mol. The number of methoxy groups -OCH3 is 1. The third-order valence-electron chi connectivity index (χ3n) is 0.900. The molecular formula is C5H6N2O3. The van der Waals surface area contributed by atoms with Crippen LogP contribution in [-0.4, -0.2) is 22.2 Å². The molecule has 0 radical (unpaired) electrons. The van der Waals surface area contributed by atoms with E-state index in [1.165, 1.54) is 7.11 Å². The van der Waals surface area contributed by atoms with E-state index in [4.69, 9.17) is 5.11 Å². The van der Waals surface area contributed by atoms with Gasteiger partial charge in [0, 0.05) is 0 Å². The molecule has 5 nitrogen and oxygen atoms in total. The highest BCUT2D eigenvalue weighted by Gasteiger charge is 1.96. The predicted octanol–water partition coefficient (Wildman–Crippen LogP) is -0.516. The van der Waals surface area contributed by atoms with Crippen molar-refractivity contribution in [3.05, 3.63) is 16.4 Å². The van der Waals surface area contributed by atoms with Crippen LogP contribution in [0.2, 0.25) is 0 Å². The highest BCUT2D eigenvalue weighted by Crippen LogP contribution is 2.02. The zero-order valence-corrected chi connectivity index (χ0v) is 5.29. The van der Waals surface area contributed by atoms with Crippen LogP contribution in [0.15, 0.2) is 10.9 Å². The third-order valence-corrected chi connectivity index (χ3v) is 0.900. The first-order chi connectivity index (χ1) is 4.72. The fraction of sp³-hybridized carbons (Fsp3) is 0.200. The molecule has 0 aliphatic carbocycles. The highest BCUT2D eigenvalue weighted by atomic mass is 16.5. The molecule has 0 aromatic carbocycles. The summed E-state index contributed by atoms with van der Waals surface area (Å²) in [5.74, 6) is -0.347. The first-order valence-electron chi connectivity index (χ1n) is 2.56. The fourth-order valence-electron chi connectivity index (χ4n) is 0.520. The van der Waals surface area contributed by atoms with Gasteiger partial charge >= 0.3 is 0 Å². The maximum Gasteiger partial charge on any atom is 0.299 e. The van der Waals surface area contributed by atoms with Gasteiger partial charge in [0.15, 0.2) is 0 Å². The number of nitrogens with one attached hydrogen (secondary N) is 1. The lowest BCUT2D eigenvalue weighted by Crippen LogP contribution is -2.06. The molecule has 0 saturated heterocycles. The van der Waals surface area contributed by atoms with Crippen LogP contribution in [0.4, 0.5) is 0 Å². The van der Waals surface area contributed by atoms with Crippen LogP contribution in [0.5, 0.6) is 11.9 Å². The molecule has 1 aromatic rings. The lowest BCUT2D eigenvalue weighted by atomic mass is 10.6. The van der Waals surface area contributed by atoms with Crippen molar-refractivity contribution >= 4 is 0 Å². The Morgan fingerprint density at radius 3 is 3.00 bits per heavy atom. The normalized spacial score (nSPS) is 9.30. The highest BCUT2D eigenvalue weighted by molar-refractivity contribution is 5.08. The van der Waals surface area contributed by atoms with E-state index in [2.05, 4.69) is 14.7 Å². The topological polar surface area (TPSA) is 75.2 Å². The van der Waals surface area contributed by atoms with Crippen molar-refractivity contribution in [3.63, 3.8) is 0 Å². The summed E-state index contributed by atoms with van der Waals surface area (Å²) in [5, 5.41) is 8.71. The van der Waals surface area contributed by atoms with Crippen molar-refractivity contribution in [1.82, 2.24) is 9.97 Å². The molecule has 0 saturated carbocycles. The Balaban J connectivity index is 3.19. The molecule has 0 aliphatic heterocycles. The number of ether oxygens (including phenoxy) is 1. The largest absolute Gasteiger partial charge is 0.493 e. The molecule has 0 atom stereocenters. The van der Waals surface area contributed by atoms with Crippen LogP contribution in [0.3, 0.4) is 0 Å². The maximum atomic E-state index is 10.5. The van der Waals surface area contributed by atoms with E-state index in [0.29, 0.717) is 0 Å². The van der Waals surface area contributed by atoms with E-state index >= 15 is 0 Å². The van der Waals surface area contributed by atoms with E-state index < -0.39 is 5.56 Å².